The Hall–Kier alpha value is -4.66. The molecule has 0 aromatic heterocycles. The number of fused-ring (bicyclic) bond motifs is 1. The molecule has 0 saturated carbocycles. The van der Waals surface area contributed by atoms with Gasteiger partial charge in [0.25, 0.3) is 0 Å². The van der Waals surface area contributed by atoms with Crippen LogP contribution in [-0.4, -0.2) is 51.7 Å². The smallest absolute Gasteiger partial charge is 0.152 e. The second kappa shape index (κ2) is 15.5. The molecule has 0 spiro atoms. The van der Waals surface area contributed by atoms with Crippen LogP contribution in [0.15, 0.2) is 119 Å². The van der Waals surface area contributed by atoms with Crippen molar-refractivity contribution in [2.75, 3.05) is 14.2 Å². The Morgan fingerprint density at radius 1 is 0.580 bits per heavy atom. The summed E-state index contributed by atoms with van der Waals surface area (Å²) in [5.74, 6) is -0.491. The number of hydrogen-bond donors (Lipinski definition) is 8. The van der Waals surface area contributed by atoms with Gasteiger partial charge in [-0.25, -0.2) is 0 Å². The summed E-state index contributed by atoms with van der Waals surface area (Å²) in [5, 5.41) is 46.8. The Labute approximate surface area is 298 Å². The van der Waals surface area contributed by atoms with E-state index in [4.69, 9.17) is 9.47 Å². The fourth-order valence-electron chi connectivity index (χ4n) is 4.50. The zero-order valence-corrected chi connectivity index (χ0v) is 28.8. The predicted octanol–water partition coefficient (Wildman–Crippen LogP) is 11.0. The SMILES string of the molecule is COc1cc(N=Nc2cccc(S(O)(O)O)c2)ccc1N=Nc1cc(O)c(N=Nc2c(S(O)(O)O)cc3cc(C)ccc3c2O)cc1OC.[Cu]. The standard InChI is InChI=1S/C31H30N6O10S2.Cu/c1-17-7-9-22-18(11-17)12-29(49(43,44)45)30(31(22)39)37-35-24-16-28(47-3)25(15-26(24)38)36-34-23-10-8-20(14-27(23)46-2)33-32-19-5-4-6-21(13-19)48(40,41)42;/h4-16,38-45H,1-3H3;. The van der Waals surface area contributed by atoms with Gasteiger partial charge in [0.2, 0.25) is 0 Å². The van der Waals surface area contributed by atoms with Crippen molar-refractivity contribution in [1.82, 2.24) is 0 Å². The van der Waals surface area contributed by atoms with Crippen molar-refractivity contribution in [1.29, 1.82) is 0 Å². The van der Waals surface area contributed by atoms with Crippen LogP contribution in [0.2, 0.25) is 0 Å². The molecule has 16 nitrogen and oxygen atoms in total. The Morgan fingerprint density at radius 2 is 1.22 bits per heavy atom. The second-order valence-electron chi connectivity index (χ2n) is 10.3. The van der Waals surface area contributed by atoms with Crippen LogP contribution in [0.25, 0.3) is 10.8 Å². The minimum absolute atomic E-state index is 0. The van der Waals surface area contributed by atoms with Gasteiger partial charge in [-0.3, -0.25) is 0 Å². The van der Waals surface area contributed by atoms with E-state index in [0.29, 0.717) is 16.5 Å². The van der Waals surface area contributed by atoms with Gasteiger partial charge in [0.05, 0.1) is 35.4 Å². The van der Waals surface area contributed by atoms with Crippen molar-refractivity contribution in [3.05, 3.63) is 84.4 Å². The fraction of sp³-hybridized carbons (Fsp3) is 0.0968. The van der Waals surface area contributed by atoms with Gasteiger partial charge >= 0.3 is 0 Å². The van der Waals surface area contributed by atoms with Crippen molar-refractivity contribution >= 4 is 66.6 Å². The van der Waals surface area contributed by atoms with Crippen LogP contribution in [0.3, 0.4) is 0 Å². The van der Waals surface area contributed by atoms with E-state index in [-0.39, 0.29) is 56.2 Å². The molecule has 0 bridgehead atoms. The number of aromatic hydroxyl groups is 2. The number of phenolic OH excluding ortho intramolecular Hbond substituents is 2. The van der Waals surface area contributed by atoms with Gasteiger partial charge in [-0.2, -0.15) is 10.2 Å². The van der Waals surface area contributed by atoms with Crippen LogP contribution in [-0.2, 0) is 17.1 Å². The van der Waals surface area contributed by atoms with Crippen LogP contribution < -0.4 is 9.47 Å². The summed E-state index contributed by atoms with van der Waals surface area (Å²) >= 11 is 0. The molecule has 0 atom stereocenters. The summed E-state index contributed by atoms with van der Waals surface area (Å²) in [4.78, 5) is -0.563. The maximum Gasteiger partial charge on any atom is 0.152 e. The first kappa shape index (κ1) is 38.1. The van der Waals surface area contributed by atoms with E-state index >= 15 is 0 Å². The summed E-state index contributed by atoms with van der Waals surface area (Å²) in [5.41, 5.74) is 1.28. The zero-order chi connectivity index (χ0) is 35.5. The summed E-state index contributed by atoms with van der Waals surface area (Å²) in [7, 11) is -5.48. The van der Waals surface area contributed by atoms with Crippen LogP contribution in [0.1, 0.15) is 5.56 Å². The van der Waals surface area contributed by atoms with E-state index in [0.717, 1.165) is 5.56 Å². The first-order chi connectivity index (χ1) is 23.2. The van der Waals surface area contributed by atoms with E-state index < -0.39 is 43.8 Å². The monoisotopic (exact) mass is 773 g/mol. The molecule has 0 aliphatic carbocycles. The summed E-state index contributed by atoms with van der Waals surface area (Å²) in [6, 6.07) is 19.1. The molecule has 1 radical (unpaired) electrons. The third kappa shape index (κ3) is 8.73. The topological polar surface area (TPSA) is 254 Å². The Balaban J connectivity index is 0.00000562. The van der Waals surface area contributed by atoms with Gasteiger partial charge in [-0.15, -0.1) is 20.5 Å². The van der Waals surface area contributed by atoms with E-state index in [1.54, 1.807) is 36.4 Å². The number of hydrogen-bond acceptors (Lipinski definition) is 16. The van der Waals surface area contributed by atoms with E-state index in [1.807, 2.05) is 6.92 Å². The summed E-state index contributed by atoms with van der Waals surface area (Å²) in [6.07, 6.45) is 0. The van der Waals surface area contributed by atoms with Crippen molar-refractivity contribution in [3.8, 4) is 23.0 Å². The molecule has 0 heterocycles. The van der Waals surface area contributed by atoms with Crippen molar-refractivity contribution in [2.24, 2.45) is 30.7 Å². The molecular formula is C31H30CuN6O10S2. The number of methoxy groups -OCH3 is 2. The summed E-state index contributed by atoms with van der Waals surface area (Å²) in [6.45, 7) is 1.81. The maximum absolute atomic E-state index is 10.9. The molecule has 0 aliphatic heterocycles. The average molecular weight is 774 g/mol. The minimum atomic E-state index is -4.33. The number of phenols is 2. The molecule has 5 aromatic carbocycles. The molecule has 0 aliphatic rings. The third-order valence-corrected chi connectivity index (χ3v) is 8.67. The molecule has 8 N–H and O–H groups in total. The molecule has 0 saturated heterocycles. The molecule has 19 heteroatoms. The van der Waals surface area contributed by atoms with Gasteiger partial charge in [0.15, 0.2) is 5.75 Å². The van der Waals surface area contributed by atoms with Crippen LogP contribution in [0, 0.1) is 6.92 Å². The molecule has 0 amide bonds. The van der Waals surface area contributed by atoms with Gasteiger partial charge in [0, 0.05) is 40.7 Å². The molecule has 0 unspecified atom stereocenters. The van der Waals surface area contributed by atoms with Crippen LogP contribution in [0.4, 0.5) is 34.1 Å². The quantitative estimate of drug-likeness (QED) is 0.0492. The molecule has 5 aromatic rings. The van der Waals surface area contributed by atoms with Gasteiger partial charge < -0.3 is 47.0 Å². The normalized spacial score (nSPS) is 12.9. The average Bonchev–Trinajstić information content (AvgIpc) is 3.05. The first-order valence-corrected chi connectivity index (χ1v) is 16.9. The van der Waals surface area contributed by atoms with Crippen molar-refractivity contribution < 1.29 is 64.1 Å². The van der Waals surface area contributed by atoms with Gasteiger partial charge in [-0.1, -0.05) is 29.8 Å². The minimum Gasteiger partial charge on any atom is -0.506 e. The van der Waals surface area contributed by atoms with Crippen molar-refractivity contribution in [3.63, 3.8) is 0 Å². The largest absolute Gasteiger partial charge is 0.506 e. The molecular weight excluding hydrogens is 744 g/mol. The van der Waals surface area contributed by atoms with Gasteiger partial charge in [-0.05, 0) is 48.7 Å². The molecule has 5 rings (SSSR count). The number of nitrogens with zero attached hydrogens (tertiary/aromatic N) is 6. The zero-order valence-electron chi connectivity index (χ0n) is 26.2. The van der Waals surface area contributed by atoms with E-state index in [2.05, 4.69) is 30.7 Å². The van der Waals surface area contributed by atoms with Crippen LogP contribution in [0.5, 0.6) is 23.0 Å². The van der Waals surface area contributed by atoms with E-state index in [9.17, 15) is 37.5 Å². The second-order valence-corrected chi connectivity index (χ2v) is 13.3. The fourth-order valence-corrected chi connectivity index (χ4v) is 5.72. The van der Waals surface area contributed by atoms with E-state index in [1.165, 1.54) is 56.7 Å². The molecule has 267 valence electrons. The number of aryl methyl sites for hydroxylation is 1. The number of rotatable bonds is 10. The number of benzene rings is 5. The Bertz CT molecular complexity index is 2140. The molecule has 0 fully saturated rings. The van der Waals surface area contributed by atoms with Crippen LogP contribution >= 0.6 is 21.7 Å². The Kier molecular flexibility index (Phi) is 11.8. The number of ether oxygens (including phenoxy) is 2. The third-order valence-electron chi connectivity index (χ3n) is 6.88. The number of azo groups is 3. The maximum atomic E-state index is 10.9. The van der Waals surface area contributed by atoms with Crippen molar-refractivity contribution in [2.45, 2.75) is 16.7 Å². The van der Waals surface area contributed by atoms with Gasteiger partial charge in [0.1, 0.15) is 61.7 Å². The predicted molar refractivity (Wildman–Crippen MR) is 184 cm³/mol. The summed E-state index contributed by atoms with van der Waals surface area (Å²) < 4.78 is 69.4. The Morgan fingerprint density at radius 3 is 1.88 bits per heavy atom. The molecule has 50 heavy (non-hydrogen) atoms. The first-order valence-electron chi connectivity index (χ1n) is 13.9.